The number of aliphatic hydroxyl groups excluding tert-OH is 1. The van der Waals surface area contributed by atoms with E-state index < -0.39 is 21.9 Å². The van der Waals surface area contributed by atoms with Crippen molar-refractivity contribution in [3.05, 3.63) is 30.1 Å². The molecule has 8 nitrogen and oxygen atoms in total. The van der Waals surface area contributed by atoms with Crippen LogP contribution in [0.3, 0.4) is 0 Å². The van der Waals surface area contributed by atoms with Crippen LogP contribution in [0, 0.1) is 5.82 Å². The van der Waals surface area contributed by atoms with Crippen molar-refractivity contribution in [1.82, 2.24) is 15.4 Å². The molecular formula is C21H32FN3O5S. The third kappa shape index (κ3) is 7.13. The number of nitrogens with one attached hydrogen (secondary N) is 3. The summed E-state index contributed by atoms with van der Waals surface area (Å²) in [4.78, 5) is 12.3. The topological polar surface area (TPSA) is 117 Å². The van der Waals surface area contributed by atoms with E-state index >= 15 is 0 Å². The van der Waals surface area contributed by atoms with E-state index in [0.29, 0.717) is 19.3 Å². The first kappa shape index (κ1) is 23.9. The van der Waals surface area contributed by atoms with Crippen LogP contribution in [0.25, 0.3) is 0 Å². The smallest absolute Gasteiger partial charge is 0.315 e. The van der Waals surface area contributed by atoms with Crippen molar-refractivity contribution in [3.8, 4) is 0 Å². The lowest BCUT2D eigenvalue weighted by atomic mass is 9.95. The fourth-order valence-corrected chi connectivity index (χ4v) is 5.25. The Bertz CT molecular complexity index is 815. The lowest BCUT2D eigenvalue weighted by Crippen LogP contribution is -2.55. The zero-order valence-electron chi connectivity index (χ0n) is 17.6. The van der Waals surface area contributed by atoms with Gasteiger partial charge in [-0.15, -0.1) is 0 Å². The summed E-state index contributed by atoms with van der Waals surface area (Å²) in [5, 5.41) is 15.6. The van der Waals surface area contributed by atoms with Crippen molar-refractivity contribution in [2.75, 3.05) is 13.2 Å². The first-order valence-corrected chi connectivity index (χ1v) is 12.4. The maximum absolute atomic E-state index is 13.0. The number of rotatable bonds is 8. The molecule has 3 atom stereocenters. The van der Waals surface area contributed by atoms with E-state index in [9.17, 15) is 22.7 Å². The van der Waals surface area contributed by atoms with E-state index in [1.54, 1.807) is 0 Å². The highest BCUT2D eigenvalue weighted by Gasteiger charge is 2.32. The minimum Gasteiger partial charge on any atom is -0.394 e. The maximum atomic E-state index is 13.0. The van der Waals surface area contributed by atoms with E-state index in [1.165, 1.54) is 18.6 Å². The molecule has 3 rings (SSSR count). The van der Waals surface area contributed by atoms with Crippen LogP contribution in [0.15, 0.2) is 29.2 Å². The molecule has 4 N–H and O–H groups in total. The first-order valence-electron chi connectivity index (χ1n) is 11.0. The van der Waals surface area contributed by atoms with E-state index in [0.717, 1.165) is 37.8 Å². The van der Waals surface area contributed by atoms with Gasteiger partial charge in [-0.05, 0) is 56.4 Å². The van der Waals surface area contributed by atoms with Gasteiger partial charge in [0.2, 0.25) is 10.0 Å². The zero-order valence-corrected chi connectivity index (χ0v) is 18.4. The molecule has 1 saturated carbocycles. The van der Waals surface area contributed by atoms with Gasteiger partial charge in [0, 0.05) is 12.6 Å². The normalized spacial score (nSPS) is 25.2. The van der Waals surface area contributed by atoms with Gasteiger partial charge in [-0.2, -0.15) is 0 Å². The van der Waals surface area contributed by atoms with Gasteiger partial charge in [-0.3, -0.25) is 0 Å². The number of hydrogen-bond donors (Lipinski definition) is 4. The predicted molar refractivity (Wildman–Crippen MR) is 114 cm³/mol. The van der Waals surface area contributed by atoms with Gasteiger partial charge in [0.05, 0.1) is 23.6 Å². The van der Waals surface area contributed by atoms with Gasteiger partial charge in [-0.1, -0.05) is 19.3 Å². The maximum Gasteiger partial charge on any atom is 0.315 e. The predicted octanol–water partition coefficient (Wildman–Crippen LogP) is 2.03. The molecule has 0 aromatic heterocycles. The molecule has 2 aliphatic rings. The average Bonchev–Trinajstić information content (AvgIpc) is 2.75. The molecule has 1 aromatic carbocycles. The summed E-state index contributed by atoms with van der Waals surface area (Å²) >= 11 is 0. The summed E-state index contributed by atoms with van der Waals surface area (Å²) in [5.74, 6) is -0.500. The number of hydrogen-bond acceptors (Lipinski definition) is 5. The van der Waals surface area contributed by atoms with Crippen molar-refractivity contribution in [2.24, 2.45) is 0 Å². The molecule has 0 spiro atoms. The zero-order chi connectivity index (χ0) is 22.3. The summed E-state index contributed by atoms with van der Waals surface area (Å²) in [6.45, 7) is -0.0744. The molecule has 1 aliphatic heterocycles. The number of carbonyl (C=O) groups excluding carboxylic acids is 1. The van der Waals surface area contributed by atoms with Gasteiger partial charge in [0.15, 0.2) is 0 Å². The number of aliphatic hydroxyl groups is 1. The second-order valence-electron chi connectivity index (χ2n) is 8.26. The Morgan fingerprint density at radius 2 is 1.77 bits per heavy atom. The van der Waals surface area contributed by atoms with Gasteiger partial charge < -0.3 is 20.5 Å². The largest absolute Gasteiger partial charge is 0.394 e. The molecule has 2 fully saturated rings. The molecule has 0 unspecified atom stereocenters. The number of halogens is 1. The number of sulfonamides is 1. The Morgan fingerprint density at radius 3 is 2.45 bits per heavy atom. The summed E-state index contributed by atoms with van der Waals surface area (Å²) in [5.41, 5.74) is 0. The van der Waals surface area contributed by atoms with Gasteiger partial charge in [0.25, 0.3) is 0 Å². The molecular weight excluding hydrogens is 425 g/mol. The number of amides is 2. The molecule has 2 amide bonds. The van der Waals surface area contributed by atoms with Crippen LogP contribution in [0.1, 0.15) is 51.4 Å². The van der Waals surface area contributed by atoms with Crippen LogP contribution in [0.2, 0.25) is 0 Å². The number of carbonyl (C=O) groups is 1. The Hall–Kier alpha value is -1.75. The first-order chi connectivity index (χ1) is 14.9. The van der Waals surface area contributed by atoms with Gasteiger partial charge >= 0.3 is 6.03 Å². The molecule has 1 aromatic rings. The highest BCUT2D eigenvalue weighted by atomic mass is 32.2. The van der Waals surface area contributed by atoms with Crippen LogP contribution >= 0.6 is 0 Å². The average molecular weight is 458 g/mol. The molecule has 31 heavy (non-hydrogen) atoms. The summed E-state index contributed by atoms with van der Waals surface area (Å²) < 4.78 is 45.9. The molecule has 0 bridgehead atoms. The van der Waals surface area contributed by atoms with E-state index in [2.05, 4.69) is 15.4 Å². The number of benzene rings is 1. The lowest BCUT2D eigenvalue weighted by molar-refractivity contribution is -0.0887. The fourth-order valence-electron chi connectivity index (χ4n) is 4.20. The summed E-state index contributed by atoms with van der Waals surface area (Å²) in [6, 6.07) is 4.30. The number of ether oxygens (including phenoxy) is 1. The Morgan fingerprint density at radius 1 is 1.06 bits per heavy atom. The minimum atomic E-state index is -3.72. The highest BCUT2D eigenvalue weighted by molar-refractivity contribution is 7.89. The standard InChI is InChI=1S/C21H32FN3O5S/c22-15-6-9-18(10-7-15)31(28,29)23-13-12-17-8-11-19(20(14-26)30-17)25-21(27)24-16-4-2-1-3-5-16/h6-7,9-10,16-17,19-20,23,26H,1-5,8,11-14H2,(H2,24,25,27)/t17-,19-,20+/m0/s1. The van der Waals surface area contributed by atoms with Crippen LogP contribution in [0.5, 0.6) is 0 Å². The Labute approximate surface area is 183 Å². The highest BCUT2D eigenvalue weighted by Crippen LogP contribution is 2.22. The van der Waals surface area contributed by atoms with Gasteiger partial charge in [-0.25, -0.2) is 22.3 Å². The monoisotopic (exact) mass is 457 g/mol. The van der Waals surface area contributed by atoms with Crippen molar-refractivity contribution in [1.29, 1.82) is 0 Å². The number of urea groups is 1. The Kier molecular flexibility index (Phi) is 8.65. The van der Waals surface area contributed by atoms with Crippen molar-refractivity contribution >= 4 is 16.1 Å². The van der Waals surface area contributed by atoms with Crippen LogP contribution in [-0.2, 0) is 14.8 Å². The van der Waals surface area contributed by atoms with Gasteiger partial charge in [0.1, 0.15) is 11.9 Å². The van der Waals surface area contributed by atoms with Crippen molar-refractivity contribution < 1.29 is 27.4 Å². The molecule has 1 aliphatic carbocycles. The second-order valence-corrected chi connectivity index (χ2v) is 10.0. The molecule has 1 heterocycles. The quantitative estimate of drug-likeness (QED) is 0.477. The Balaban J connectivity index is 1.42. The fraction of sp³-hybridized carbons (Fsp3) is 0.667. The van der Waals surface area contributed by atoms with E-state index in [1.807, 2.05) is 0 Å². The molecule has 0 radical (unpaired) electrons. The summed E-state index contributed by atoms with van der Waals surface area (Å²) in [7, 11) is -3.72. The van der Waals surface area contributed by atoms with Crippen LogP contribution in [-0.4, -0.2) is 57.0 Å². The van der Waals surface area contributed by atoms with E-state index in [-0.39, 0.29) is 42.3 Å². The lowest BCUT2D eigenvalue weighted by Gasteiger charge is -2.36. The van der Waals surface area contributed by atoms with Crippen molar-refractivity contribution in [2.45, 2.75) is 80.6 Å². The molecule has 1 saturated heterocycles. The minimum absolute atomic E-state index is 0.0000560. The summed E-state index contributed by atoms with van der Waals surface area (Å²) in [6.07, 6.45) is 6.40. The van der Waals surface area contributed by atoms with Crippen LogP contribution in [0.4, 0.5) is 9.18 Å². The second kappa shape index (κ2) is 11.2. The van der Waals surface area contributed by atoms with Crippen LogP contribution < -0.4 is 15.4 Å². The molecule has 10 heteroatoms. The third-order valence-corrected chi connectivity index (χ3v) is 7.41. The molecule has 174 valence electrons. The third-order valence-electron chi connectivity index (χ3n) is 5.93. The SMILES string of the molecule is O=C(NC1CCCCC1)N[C@H]1CC[C@@H](CCNS(=O)(=O)c2ccc(F)cc2)O[C@@H]1CO. The van der Waals surface area contributed by atoms with E-state index in [4.69, 9.17) is 4.74 Å². The van der Waals surface area contributed by atoms with Crippen molar-refractivity contribution in [3.63, 3.8) is 0 Å².